The maximum absolute atomic E-state index is 10.9. The van der Waals surface area contributed by atoms with Gasteiger partial charge in [-0.15, -0.1) is 0 Å². The van der Waals surface area contributed by atoms with E-state index in [-0.39, 0.29) is 12.5 Å². The molecule has 1 atom stereocenters. The molecule has 0 saturated heterocycles. The van der Waals surface area contributed by atoms with Crippen LogP contribution in [0.1, 0.15) is 58.6 Å². The second-order valence-electron chi connectivity index (χ2n) is 8.28. The van der Waals surface area contributed by atoms with Gasteiger partial charge in [-0.3, -0.25) is 0 Å². The zero-order valence-corrected chi connectivity index (χ0v) is 18.0. The van der Waals surface area contributed by atoms with E-state index in [1.54, 1.807) is 6.07 Å². The molecule has 0 aliphatic heterocycles. The Balaban J connectivity index is 2.81. The highest BCUT2D eigenvalue weighted by atomic mass is 28.3. The van der Waals surface area contributed by atoms with Crippen molar-refractivity contribution in [1.29, 1.82) is 0 Å². The third-order valence-corrected chi connectivity index (χ3v) is 13.2. The van der Waals surface area contributed by atoms with E-state index >= 15 is 0 Å². The molecule has 2 aromatic rings. The monoisotopic (exact) mass is 370 g/mol. The zero-order valence-electron chi connectivity index (χ0n) is 17.0. The highest BCUT2D eigenvalue weighted by Gasteiger charge is 2.46. The SMILES string of the molecule is CC(C)[Si](c1cccc(O)c1C(CO)c1ccccc1)(C(C)C)C(C)C. The van der Waals surface area contributed by atoms with Gasteiger partial charge in [-0.2, -0.15) is 0 Å². The van der Waals surface area contributed by atoms with Crippen LogP contribution in [0.2, 0.25) is 16.6 Å². The van der Waals surface area contributed by atoms with Crippen LogP contribution in [0.15, 0.2) is 48.5 Å². The molecule has 0 heterocycles. The predicted octanol–water partition coefficient (Wildman–Crippen LogP) is 5.40. The van der Waals surface area contributed by atoms with Gasteiger partial charge in [0, 0.05) is 11.5 Å². The standard InChI is InChI=1S/C23H34O2Si/c1-16(2)26(17(3)4,18(5)6)22-14-10-13-21(25)23(22)20(15-24)19-11-8-7-9-12-19/h7-14,16-18,20,24-25H,15H2,1-6H3. The number of hydrogen-bond acceptors (Lipinski definition) is 2. The quantitative estimate of drug-likeness (QED) is 0.640. The number of benzene rings is 2. The number of aliphatic hydroxyl groups excluding tert-OH is 1. The van der Waals surface area contributed by atoms with Crippen molar-refractivity contribution < 1.29 is 10.2 Å². The van der Waals surface area contributed by atoms with Crippen molar-refractivity contribution >= 4 is 13.3 Å². The highest BCUT2D eigenvalue weighted by molar-refractivity contribution is 6.95. The second kappa shape index (κ2) is 8.41. The summed E-state index contributed by atoms with van der Waals surface area (Å²) in [6.07, 6.45) is 0. The number of aliphatic hydroxyl groups is 1. The van der Waals surface area contributed by atoms with Crippen LogP contribution >= 0.6 is 0 Å². The average Bonchev–Trinajstić information content (AvgIpc) is 2.58. The third-order valence-electron chi connectivity index (χ3n) is 6.15. The van der Waals surface area contributed by atoms with E-state index in [9.17, 15) is 10.2 Å². The van der Waals surface area contributed by atoms with Crippen molar-refractivity contribution in [3.63, 3.8) is 0 Å². The van der Waals surface area contributed by atoms with Crippen LogP contribution in [0.3, 0.4) is 0 Å². The molecule has 0 fully saturated rings. The molecule has 3 heteroatoms. The van der Waals surface area contributed by atoms with Gasteiger partial charge < -0.3 is 10.2 Å². The minimum absolute atomic E-state index is 0.00659. The first-order chi connectivity index (χ1) is 12.3. The Morgan fingerprint density at radius 1 is 0.769 bits per heavy atom. The second-order valence-corrected chi connectivity index (χ2v) is 14.2. The predicted molar refractivity (Wildman–Crippen MR) is 114 cm³/mol. The van der Waals surface area contributed by atoms with Crippen molar-refractivity contribution in [2.45, 2.75) is 64.1 Å². The number of aromatic hydroxyl groups is 1. The van der Waals surface area contributed by atoms with Gasteiger partial charge in [-0.1, -0.05) is 89.2 Å². The van der Waals surface area contributed by atoms with Crippen molar-refractivity contribution in [1.82, 2.24) is 0 Å². The normalized spacial score (nSPS) is 13.6. The summed E-state index contributed by atoms with van der Waals surface area (Å²) in [5.41, 5.74) is 3.61. The van der Waals surface area contributed by atoms with Crippen molar-refractivity contribution in [3.05, 3.63) is 59.7 Å². The molecule has 0 radical (unpaired) electrons. The van der Waals surface area contributed by atoms with Gasteiger partial charge in [-0.05, 0) is 28.3 Å². The Bertz CT molecular complexity index is 686. The Labute approximate surface area is 159 Å². The van der Waals surface area contributed by atoms with Crippen LogP contribution < -0.4 is 5.19 Å². The van der Waals surface area contributed by atoms with E-state index in [0.717, 1.165) is 11.1 Å². The maximum atomic E-state index is 10.9. The molecular formula is C23H34O2Si. The molecule has 142 valence electrons. The van der Waals surface area contributed by atoms with Gasteiger partial charge in [0.15, 0.2) is 0 Å². The molecular weight excluding hydrogens is 336 g/mol. The first kappa shape index (κ1) is 20.7. The molecule has 2 nitrogen and oxygen atoms in total. The molecule has 0 aliphatic carbocycles. The summed E-state index contributed by atoms with van der Waals surface area (Å²) >= 11 is 0. The van der Waals surface area contributed by atoms with E-state index in [2.05, 4.69) is 47.6 Å². The summed E-state index contributed by atoms with van der Waals surface area (Å²) in [6, 6.07) is 16.0. The van der Waals surface area contributed by atoms with Gasteiger partial charge in [0.25, 0.3) is 0 Å². The average molecular weight is 371 g/mol. The lowest BCUT2D eigenvalue weighted by atomic mass is 9.91. The molecule has 0 amide bonds. The Morgan fingerprint density at radius 3 is 1.77 bits per heavy atom. The first-order valence-corrected chi connectivity index (χ1v) is 12.0. The van der Waals surface area contributed by atoms with Gasteiger partial charge in [-0.25, -0.2) is 0 Å². The van der Waals surface area contributed by atoms with E-state index in [4.69, 9.17) is 0 Å². The molecule has 2 rings (SSSR count). The molecule has 2 N–H and O–H groups in total. The molecule has 0 saturated carbocycles. The van der Waals surface area contributed by atoms with Crippen LogP contribution in [0.4, 0.5) is 0 Å². The summed E-state index contributed by atoms with van der Waals surface area (Å²) in [5.74, 6) is 0.111. The van der Waals surface area contributed by atoms with E-state index in [0.29, 0.717) is 22.4 Å². The van der Waals surface area contributed by atoms with Crippen molar-refractivity contribution in [3.8, 4) is 5.75 Å². The lowest BCUT2D eigenvalue weighted by Gasteiger charge is -2.45. The zero-order chi connectivity index (χ0) is 19.5. The summed E-state index contributed by atoms with van der Waals surface area (Å²) in [5, 5.41) is 22.4. The van der Waals surface area contributed by atoms with Gasteiger partial charge in [0.2, 0.25) is 0 Å². The molecule has 0 spiro atoms. The van der Waals surface area contributed by atoms with Gasteiger partial charge >= 0.3 is 0 Å². The third kappa shape index (κ3) is 3.47. The molecule has 2 aromatic carbocycles. The first-order valence-electron chi connectivity index (χ1n) is 9.76. The van der Waals surface area contributed by atoms with Crippen LogP contribution in [-0.4, -0.2) is 24.9 Å². The fourth-order valence-electron chi connectivity index (χ4n) is 5.28. The number of phenols is 1. The van der Waals surface area contributed by atoms with Crippen LogP contribution in [0, 0.1) is 0 Å². The lowest BCUT2D eigenvalue weighted by molar-refractivity contribution is 0.278. The largest absolute Gasteiger partial charge is 0.508 e. The molecule has 1 unspecified atom stereocenters. The summed E-state index contributed by atoms with van der Waals surface area (Å²) in [4.78, 5) is 0. The number of phenolic OH excluding ortho intramolecular Hbond substituents is 1. The van der Waals surface area contributed by atoms with Crippen molar-refractivity contribution in [2.75, 3.05) is 6.61 Å². The van der Waals surface area contributed by atoms with E-state index < -0.39 is 8.07 Å². The number of hydrogen-bond donors (Lipinski definition) is 2. The van der Waals surface area contributed by atoms with Crippen LogP contribution in [0.5, 0.6) is 5.75 Å². The van der Waals surface area contributed by atoms with Gasteiger partial charge in [0.05, 0.1) is 14.7 Å². The van der Waals surface area contributed by atoms with E-state index in [1.165, 1.54) is 5.19 Å². The van der Waals surface area contributed by atoms with E-state index in [1.807, 2.05) is 36.4 Å². The van der Waals surface area contributed by atoms with Crippen LogP contribution in [0.25, 0.3) is 0 Å². The smallest absolute Gasteiger partial charge is 0.119 e. The Hall–Kier alpha value is -1.58. The van der Waals surface area contributed by atoms with Gasteiger partial charge in [0.1, 0.15) is 5.75 Å². The molecule has 0 aliphatic rings. The summed E-state index contributed by atoms with van der Waals surface area (Å²) < 4.78 is 0. The lowest BCUT2D eigenvalue weighted by Crippen LogP contribution is -2.57. The summed E-state index contributed by atoms with van der Waals surface area (Å²) in [6.45, 7) is 14.0. The molecule has 26 heavy (non-hydrogen) atoms. The number of rotatable bonds is 7. The topological polar surface area (TPSA) is 40.5 Å². The Morgan fingerprint density at radius 2 is 1.31 bits per heavy atom. The fourth-order valence-corrected chi connectivity index (χ4v) is 12.3. The fraction of sp³-hybridized carbons (Fsp3) is 0.478. The Kier molecular flexibility index (Phi) is 6.70. The minimum atomic E-state index is -1.96. The molecule has 0 bridgehead atoms. The highest BCUT2D eigenvalue weighted by Crippen LogP contribution is 2.44. The minimum Gasteiger partial charge on any atom is -0.508 e. The summed E-state index contributed by atoms with van der Waals surface area (Å²) in [7, 11) is -1.96. The molecule has 0 aromatic heterocycles. The van der Waals surface area contributed by atoms with Crippen molar-refractivity contribution in [2.24, 2.45) is 0 Å². The van der Waals surface area contributed by atoms with Crippen LogP contribution in [-0.2, 0) is 0 Å². The maximum Gasteiger partial charge on any atom is 0.119 e.